The van der Waals surface area contributed by atoms with Gasteiger partial charge in [0.25, 0.3) is 0 Å². The lowest BCUT2D eigenvalue weighted by atomic mass is 10.2. The Balaban J connectivity index is -0.000000157. The van der Waals surface area contributed by atoms with E-state index in [0.29, 0.717) is 0 Å². The second kappa shape index (κ2) is 23.6. The highest BCUT2D eigenvalue weighted by Gasteiger charge is 2.34. The summed E-state index contributed by atoms with van der Waals surface area (Å²) in [6.45, 7) is -0.283. The molecule has 0 aromatic carbocycles. The summed E-state index contributed by atoms with van der Waals surface area (Å²) in [5.74, 6) is 0.138. The number of nitrogen functional groups attached to an aromatic ring is 1. The van der Waals surface area contributed by atoms with Crippen LogP contribution < -0.4 is 11.4 Å². The Kier molecular flexibility index (Phi) is 28.0. The Morgan fingerprint density at radius 3 is 1.13 bits per heavy atom. The first-order chi connectivity index (χ1) is 19.6. The van der Waals surface area contributed by atoms with Crippen LogP contribution in [0.2, 0.25) is 0 Å². The van der Waals surface area contributed by atoms with Crippen molar-refractivity contribution in [3.63, 3.8) is 0 Å². The van der Waals surface area contributed by atoms with Crippen LogP contribution in [0, 0.1) is 0 Å². The fraction of sp³-hybridized carbons (Fsp3) is 0.556. The molecule has 22 N–H and O–H groups in total. The zero-order valence-corrected chi connectivity index (χ0v) is 27.0. The Hall–Kier alpha value is -0.780. The first-order valence-corrected chi connectivity index (χ1v) is 19.0. The molecule has 2 rings (SSSR count). The van der Waals surface area contributed by atoms with Crippen LogP contribution in [-0.4, -0.2) is 127 Å². The van der Waals surface area contributed by atoms with Crippen LogP contribution in [0.25, 0.3) is 0 Å². The van der Waals surface area contributed by atoms with E-state index in [0.717, 1.165) is 0 Å². The molecule has 2 heterocycles. The molecular formula is C9H31N3O28P6. The summed E-state index contributed by atoms with van der Waals surface area (Å²) >= 11 is 0. The Morgan fingerprint density at radius 2 is 0.935 bits per heavy atom. The van der Waals surface area contributed by atoms with Crippen molar-refractivity contribution in [2.24, 2.45) is 0 Å². The molecule has 1 aliphatic heterocycles. The smallest absolute Gasteiger partial charge is 0.394 e. The lowest BCUT2D eigenvalue weighted by molar-refractivity contribution is -0.0458. The fourth-order valence-electron chi connectivity index (χ4n) is 1.70. The Bertz CT molecular complexity index is 1110. The number of aromatic nitrogens is 2. The standard InChI is InChI=1S/C9H13N3O4.6H3O4P/c10-7-1-2-12(9(15)11-7)8-3-5(14)6(4-13)16-8;6*1-5(2,3)4/h1-2,5-6,8,13-14H,3-4H2,(H2,10,11,15);6*(H3,1,2,3,4)/t5-,6+,8+;;;;;;/m0....../s1. The van der Waals surface area contributed by atoms with Crippen molar-refractivity contribution in [2.45, 2.75) is 24.9 Å². The molecule has 37 heteroatoms. The van der Waals surface area contributed by atoms with Gasteiger partial charge in [0.15, 0.2) is 0 Å². The molecule has 0 bridgehead atoms. The maximum atomic E-state index is 11.5. The fourth-order valence-corrected chi connectivity index (χ4v) is 1.70. The summed E-state index contributed by atoms with van der Waals surface area (Å²) < 4.78 is 59.8. The van der Waals surface area contributed by atoms with Crippen LogP contribution in [0.1, 0.15) is 12.6 Å². The lowest BCUT2D eigenvalue weighted by Crippen LogP contribution is -2.27. The molecule has 3 atom stereocenters. The van der Waals surface area contributed by atoms with E-state index in [4.69, 9.17) is 131 Å². The molecule has 0 amide bonds. The molecular weight excluding hydrogens is 784 g/mol. The van der Waals surface area contributed by atoms with E-state index in [1.54, 1.807) is 0 Å². The number of phosphoric acid groups is 6. The molecule has 0 aliphatic carbocycles. The molecule has 1 aromatic rings. The van der Waals surface area contributed by atoms with Crippen molar-refractivity contribution in [1.29, 1.82) is 0 Å². The van der Waals surface area contributed by atoms with E-state index in [-0.39, 0.29) is 18.8 Å². The van der Waals surface area contributed by atoms with Gasteiger partial charge in [-0.05, 0) is 6.07 Å². The molecule has 1 fully saturated rings. The second-order valence-corrected chi connectivity index (χ2v) is 12.9. The van der Waals surface area contributed by atoms with Gasteiger partial charge >= 0.3 is 52.6 Å². The zero-order valence-electron chi connectivity index (χ0n) is 21.7. The van der Waals surface area contributed by atoms with E-state index in [1.165, 1.54) is 16.8 Å². The molecule has 1 saturated heterocycles. The predicted octanol–water partition coefficient (Wildman–Crippen LogP) is -7.11. The van der Waals surface area contributed by atoms with E-state index in [9.17, 15) is 9.90 Å². The molecule has 0 saturated carbocycles. The Labute approximate surface area is 253 Å². The summed E-state index contributed by atoms with van der Waals surface area (Å²) in [5.41, 5.74) is 4.82. The van der Waals surface area contributed by atoms with Gasteiger partial charge in [0.05, 0.1) is 12.7 Å². The van der Waals surface area contributed by atoms with Gasteiger partial charge in [-0.3, -0.25) is 4.57 Å². The lowest BCUT2D eigenvalue weighted by Gasteiger charge is -2.13. The number of hydrogen-bond acceptors (Lipinski definition) is 12. The number of ether oxygens (including phenoxy) is 1. The van der Waals surface area contributed by atoms with Crippen LogP contribution in [0.5, 0.6) is 0 Å². The molecule has 46 heavy (non-hydrogen) atoms. The summed E-state index contributed by atoms with van der Waals surface area (Å²) in [5, 5.41) is 18.4. The van der Waals surface area contributed by atoms with Gasteiger partial charge < -0.3 is 109 Å². The number of nitrogens with two attached hydrogens (primary N) is 1. The van der Waals surface area contributed by atoms with Gasteiger partial charge in [0.2, 0.25) is 0 Å². The summed E-state index contributed by atoms with van der Waals surface area (Å²) in [4.78, 5) is 144. The average molecular weight is 815 g/mol. The van der Waals surface area contributed by atoms with E-state index < -0.39 is 71.1 Å². The van der Waals surface area contributed by atoms with Crippen molar-refractivity contribution in [3.05, 3.63) is 22.7 Å². The quantitative estimate of drug-likeness (QED) is 0.123. The van der Waals surface area contributed by atoms with Crippen molar-refractivity contribution in [3.8, 4) is 0 Å². The van der Waals surface area contributed by atoms with Crippen molar-refractivity contribution in [2.75, 3.05) is 12.3 Å². The first-order valence-electron chi connectivity index (χ1n) is 9.60. The third-order valence-electron chi connectivity index (χ3n) is 2.55. The maximum Gasteiger partial charge on any atom is 0.466 e. The van der Waals surface area contributed by atoms with Gasteiger partial charge in [-0.2, -0.15) is 4.98 Å². The average Bonchev–Trinajstić information content (AvgIpc) is 3.00. The second-order valence-electron chi connectivity index (χ2n) is 6.74. The Morgan fingerprint density at radius 1 is 0.674 bits per heavy atom. The van der Waals surface area contributed by atoms with Crippen molar-refractivity contribution in [1.82, 2.24) is 9.55 Å². The van der Waals surface area contributed by atoms with Crippen LogP contribution in [0.3, 0.4) is 0 Å². The zero-order chi connectivity index (χ0) is 38.7. The molecule has 1 aliphatic rings. The topological polar surface area (TPSA) is 577 Å². The SMILES string of the molecule is Nc1ccn([C@H]2C[C@H](O)[C@@H](CO)O2)c(=O)n1.O=P(O)(O)O.O=P(O)(O)O.O=P(O)(O)O.O=P(O)(O)O.O=P(O)(O)O.O=P(O)(O)O. The largest absolute Gasteiger partial charge is 0.466 e. The van der Waals surface area contributed by atoms with Crippen molar-refractivity contribution < 1.29 is 130 Å². The third-order valence-corrected chi connectivity index (χ3v) is 2.55. The number of aliphatic hydroxyl groups is 2. The first kappa shape index (κ1) is 54.7. The van der Waals surface area contributed by atoms with Gasteiger partial charge in [-0.25, -0.2) is 32.2 Å². The van der Waals surface area contributed by atoms with E-state index in [1.807, 2.05) is 0 Å². The molecule has 31 nitrogen and oxygen atoms in total. The number of nitrogens with zero attached hydrogens (tertiary/aromatic N) is 2. The number of rotatable bonds is 2. The molecule has 280 valence electrons. The number of aliphatic hydroxyl groups excluding tert-OH is 2. The van der Waals surface area contributed by atoms with Gasteiger partial charge in [0, 0.05) is 12.6 Å². The minimum Gasteiger partial charge on any atom is -0.394 e. The normalized spacial score (nSPS) is 18.0. The summed E-state index contributed by atoms with van der Waals surface area (Å²) in [6, 6.07) is 1.48. The van der Waals surface area contributed by atoms with Gasteiger partial charge in [-0.15, -0.1) is 0 Å². The number of anilines is 1. The summed E-state index contributed by atoms with van der Waals surface area (Å²) in [7, 11) is -27.8. The van der Waals surface area contributed by atoms with Gasteiger partial charge in [-0.1, -0.05) is 0 Å². The number of hydrogen-bond donors (Lipinski definition) is 21. The van der Waals surface area contributed by atoms with E-state index >= 15 is 0 Å². The highest BCUT2D eigenvalue weighted by Crippen LogP contribution is 2.29. The molecule has 1 aromatic heterocycles. The monoisotopic (exact) mass is 815 g/mol. The maximum absolute atomic E-state index is 11.5. The van der Waals surface area contributed by atoms with Crippen LogP contribution >= 0.6 is 46.9 Å². The van der Waals surface area contributed by atoms with Crippen molar-refractivity contribution >= 4 is 52.8 Å². The van der Waals surface area contributed by atoms with Gasteiger partial charge in [0.1, 0.15) is 18.1 Å². The highest BCUT2D eigenvalue weighted by molar-refractivity contribution is 7.46. The highest BCUT2D eigenvalue weighted by atomic mass is 31.2. The third kappa shape index (κ3) is 84.4. The van der Waals surface area contributed by atoms with Crippen LogP contribution in [0.15, 0.2) is 17.1 Å². The van der Waals surface area contributed by atoms with E-state index in [2.05, 4.69) is 4.98 Å². The predicted molar refractivity (Wildman–Crippen MR) is 140 cm³/mol. The molecule has 0 spiro atoms. The molecule has 0 unspecified atom stereocenters. The molecule has 0 radical (unpaired) electrons. The minimum absolute atomic E-state index is 0.138. The van der Waals surface area contributed by atoms with Crippen LogP contribution in [-0.2, 0) is 32.1 Å². The van der Waals surface area contributed by atoms with Crippen LogP contribution in [0.4, 0.5) is 5.82 Å². The minimum atomic E-state index is -4.64. The summed E-state index contributed by atoms with van der Waals surface area (Å²) in [6.07, 6.45) is -0.333.